The molecule has 14 nitrogen and oxygen atoms in total. The van der Waals surface area contributed by atoms with Crippen molar-refractivity contribution in [1.29, 1.82) is 0 Å². The Labute approximate surface area is 294 Å². The zero-order valence-electron chi connectivity index (χ0n) is 30.9. The number of piperidine rings is 1. The Kier molecular flexibility index (Phi) is 12.8. The molecule has 6 amide bonds. The van der Waals surface area contributed by atoms with Crippen molar-refractivity contribution in [3.05, 3.63) is 35.9 Å². The van der Waals surface area contributed by atoms with Crippen LogP contribution in [-0.2, 0) is 33.5 Å². The average molecular weight is 699 g/mol. The number of Topliss-reactive ketones (excluding diaryl/α,β-unsaturated/α-hetero) is 1. The SMILES string of the molecule is CCCC(NC(=O)[C@@H]1[C@@H]2[C@H](CN1C(=O)[C@@H](NC(=O)OC(C)C)C(C)(C)C)C2(C)C)C(=O)C(=O)NCC(=O)N[C@H](C(=O)N(C)C)c1ccccc1. The maximum absolute atomic E-state index is 14.0. The first-order valence-electron chi connectivity index (χ1n) is 17.2. The molecule has 0 spiro atoms. The highest BCUT2D eigenvalue weighted by Gasteiger charge is 2.70. The number of likely N-dealkylation sites (N-methyl/N-ethyl adjacent to an activating group) is 1. The summed E-state index contributed by atoms with van der Waals surface area (Å²) >= 11 is 0. The molecule has 0 bridgehead atoms. The maximum Gasteiger partial charge on any atom is 0.408 e. The molecule has 2 fully saturated rings. The van der Waals surface area contributed by atoms with E-state index in [1.807, 2.05) is 13.8 Å². The van der Waals surface area contributed by atoms with Crippen LogP contribution < -0.4 is 21.3 Å². The lowest BCUT2D eigenvalue weighted by molar-refractivity contribution is -0.145. The van der Waals surface area contributed by atoms with Gasteiger partial charge >= 0.3 is 6.09 Å². The first kappa shape index (κ1) is 39.9. The van der Waals surface area contributed by atoms with Crippen LogP contribution in [0.15, 0.2) is 30.3 Å². The quantitative estimate of drug-likeness (QED) is 0.213. The molecule has 0 radical (unpaired) electrons. The molecule has 4 N–H and O–H groups in total. The Balaban J connectivity index is 1.72. The zero-order valence-corrected chi connectivity index (χ0v) is 30.9. The van der Waals surface area contributed by atoms with Crippen molar-refractivity contribution >= 4 is 41.4 Å². The van der Waals surface area contributed by atoms with E-state index < -0.39 is 77.7 Å². The molecule has 276 valence electrons. The van der Waals surface area contributed by atoms with Crippen LogP contribution in [0, 0.1) is 22.7 Å². The van der Waals surface area contributed by atoms with Crippen molar-refractivity contribution in [2.24, 2.45) is 22.7 Å². The first-order chi connectivity index (χ1) is 23.2. The van der Waals surface area contributed by atoms with E-state index in [9.17, 15) is 33.6 Å². The highest BCUT2D eigenvalue weighted by atomic mass is 16.6. The van der Waals surface area contributed by atoms with Gasteiger partial charge in [-0.3, -0.25) is 28.8 Å². The van der Waals surface area contributed by atoms with E-state index in [1.54, 1.807) is 86.0 Å². The average Bonchev–Trinajstić information content (AvgIpc) is 3.33. The Hall–Kier alpha value is -4.49. The molecule has 1 heterocycles. The molecular weight excluding hydrogens is 644 g/mol. The summed E-state index contributed by atoms with van der Waals surface area (Å²) in [5.41, 5.74) is -0.406. The number of fused-ring (bicyclic) bond motifs is 1. The second-order valence-electron chi connectivity index (χ2n) is 15.3. The third-order valence-electron chi connectivity index (χ3n) is 9.45. The number of ketones is 1. The van der Waals surface area contributed by atoms with Crippen LogP contribution >= 0.6 is 0 Å². The first-order valence-corrected chi connectivity index (χ1v) is 17.2. The number of rotatable bonds is 14. The van der Waals surface area contributed by atoms with Crippen LogP contribution in [0.2, 0.25) is 0 Å². The lowest BCUT2D eigenvalue weighted by atomic mass is 9.85. The smallest absolute Gasteiger partial charge is 0.408 e. The summed E-state index contributed by atoms with van der Waals surface area (Å²) in [6.07, 6.45) is -0.549. The second-order valence-corrected chi connectivity index (χ2v) is 15.3. The number of hydrogen-bond donors (Lipinski definition) is 4. The van der Waals surface area contributed by atoms with Crippen molar-refractivity contribution in [2.45, 2.75) is 98.5 Å². The van der Waals surface area contributed by atoms with Gasteiger partial charge in [0.25, 0.3) is 5.91 Å². The van der Waals surface area contributed by atoms with Gasteiger partial charge in [0, 0.05) is 20.6 Å². The summed E-state index contributed by atoms with van der Waals surface area (Å²) in [6, 6.07) is 4.48. The normalized spacial score (nSPS) is 20.8. The highest BCUT2D eigenvalue weighted by Crippen LogP contribution is 2.65. The summed E-state index contributed by atoms with van der Waals surface area (Å²) < 4.78 is 5.23. The van der Waals surface area contributed by atoms with Gasteiger partial charge in [0.05, 0.1) is 18.7 Å². The highest BCUT2D eigenvalue weighted by molar-refractivity contribution is 6.38. The van der Waals surface area contributed by atoms with Gasteiger partial charge in [0.15, 0.2) is 0 Å². The second kappa shape index (κ2) is 16.0. The Morgan fingerprint density at radius 3 is 2.14 bits per heavy atom. The lowest BCUT2D eigenvalue weighted by Gasteiger charge is -2.37. The molecule has 14 heteroatoms. The summed E-state index contributed by atoms with van der Waals surface area (Å²) in [6.45, 7) is 14.4. The fourth-order valence-corrected chi connectivity index (χ4v) is 6.62. The molecule has 1 unspecified atom stereocenters. The topological polar surface area (TPSA) is 183 Å². The number of carbonyl (C=O) groups excluding carboxylic acids is 7. The molecular formula is C36H54N6O8. The Morgan fingerprint density at radius 1 is 0.980 bits per heavy atom. The molecule has 2 aliphatic rings. The van der Waals surface area contributed by atoms with Gasteiger partial charge in [0.2, 0.25) is 29.4 Å². The third-order valence-corrected chi connectivity index (χ3v) is 9.45. The number of amides is 6. The van der Waals surface area contributed by atoms with Crippen LogP contribution in [0.25, 0.3) is 0 Å². The minimum absolute atomic E-state index is 0.0339. The zero-order chi connectivity index (χ0) is 37.7. The molecule has 1 aromatic carbocycles. The Morgan fingerprint density at radius 2 is 1.60 bits per heavy atom. The predicted octanol–water partition coefficient (Wildman–Crippen LogP) is 1.93. The molecule has 6 atom stereocenters. The van der Waals surface area contributed by atoms with Crippen LogP contribution in [-0.4, -0.2) is 103 Å². The van der Waals surface area contributed by atoms with Crippen LogP contribution in [0.1, 0.15) is 79.8 Å². The van der Waals surface area contributed by atoms with Gasteiger partial charge in [0.1, 0.15) is 18.1 Å². The summed E-state index contributed by atoms with van der Waals surface area (Å²) in [5.74, 6) is -4.24. The fourth-order valence-electron chi connectivity index (χ4n) is 6.62. The molecule has 0 aromatic heterocycles. The monoisotopic (exact) mass is 698 g/mol. The van der Waals surface area contributed by atoms with Crippen LogP contribution in [0.3, 0.4) is 0 Å². The van der Waals surface area contributed by atoms with E-state index in [4.69, 9.17) is 4.74 Å². The van der Waals surface area contributed by atoms with Gasteiger partial charge in [-0.15, -0.1) is 0 Å². The summed E-state index contributed by atoms with van der Waals surface area (Å²) in [4.78, 5) is 95.3. The molecule has 1 saturated heterocycles. The van der Waals surface area contributed by atoms with Gasteiger partial charge in [-0.1, -0.05) is 78.3 Å². The van der Waals surface area contributed by atoms with E-state index in [0.29, 0.717) is 18.5 Å². The number of nitrogens with one attached hydrogen (secondary N) is 4. The van der Waals surface area contributed by atoms with E-state index in [2.05, 4.69) is 21.3 Å². The van der Waals surface area contributed by atoms with Crippen LogP contribution in [0.5, 0.6) is 0 Å². The van der Waals surface area contributed by atoms with Crippen molar-refractivity contribution in [1.82, 2.24) is 31.1 Å². The Bertz CT molecular complexity index is 1450. The van der Waals surface area contributed by atoms with E-state index in [1.165, 1.54) is 9.80 Å². The van der Waals surface area contributed by atoms with Crippen LogP contribution in [0.4, 0.5) is 4.79 Å². The van der Waals surface area contributed by atoms with Crippen molar-refractivity contribution in [3.8, 4) is 0 Å². The third kappa shape index (κ3) is 9.39. The largest absolute Gasteiger partial charge is 0.447 e. The molecule has 1 saturated carbocycles. The summed E-state index contributed by atoms with van der Waals surface area (Å²) in [7, 11) is 3.11. The van der Waals surface area contributed by atoms with Crippen molar-refractivity contribution in [3.63, 3.8) is 0 Å². The molecule has 3 rings (SSSR count). The van der Waals surface area contributed by atoms with Gasteiger partial charge in [-0.05, 0) is 48.5 Å². The maximum atomic E-state index is 14.0. The van der Waals surface area contributed by atoms with Crippen molar-refractivity contribution < 1.29 is 38.3 Å². The predicted molar refractivity (Wildman–Crippen MR) is 185 cm³/mol. The van der Waals surface area contributed by atoms with Gasteiger partial charge < -0.3 is 35.8 Å². The number of likely N-dealkylation sites (tertiary alicyclic amines) is 1. The lowest BCUT2D eigenvalue weighted by Crippen LogP contribution is -2.60. The standard InChI is InChI=1S/C36H54N6O8/c1-11-15-23(28(44)31(46)37-18-24(43)39-26(32(47)41(9)10)21-16-13-12-14-17-21)38-30(45)27-25-22(36(25,7)8)19-42(27)33(48)29(35(4,5)6)40-34(49)50-20(2)3/h12-14,16-17,20,22-23,25-27,29H,11,15,18-19H2,1-10H3,(H,37,46)(H,38,45)(H,39,43)(H,40,49)/t22-,23?,25-,26-,27-,29+/m0/s1. The molecule has 1 aliphatic carbocycles. The van der Waals surface area contributed by atoms with Gasteiger partial charge in [-0.2, -0.15) is 0 Å². The van der Waals surface area contributed by atoms with Crippen molar-refractivity contribution in [2.75, 3.05) is 27.2 Å². The number of carbonyl (C=O) groups is 7. The van der Waals surface area contributed by atoms with Gasteiger partial charge in [-0.25, -0.2) is 4.79 Å². The number of alkyl carbamates (subject to hydrolysis) is 1. The number of nitrogens with zero attached hydrogens (tertiary/aromatic N) is 2. The number of benzene rings is 1. The molecule has 1 aliphatic heterocycles. The minimum Gasteiger partial charge on any atom is -0.447 e. The van der Waals surface area contributed by atoms with E-state index in [0.717, 1.165) is 0 Å². The minimum atomic E-state index is -1.21. The molecule has 1 aromatic rings. The number of hydrogen-bond acceptors (Lipinski definition) is 8. The summed E-state index contributed by atoms with van der Waals surface area (Å²) in [5, 5.41) is 10.3. The van der Waals surface area contributed by atoms with E-state index >= 15 is 0 Å². The molecule has 50 heavy (non-hydrogen) atoms. The van der Waals surface area contributed by atoms with E-state index in [-0.39, 0.29) is 29.6 Å². The number of ether oxygens (including phenoxy) is 1. The fraction of sp³-hybridized carbons (Fsp3) is 0.639.